The van der Waals surface area contributed by atoms with Gasteiger partial charge in [-0.05, 0) is 35.9 Å². The summed E-state index contributed by atoms with van der Waals surface area (Å²) in [5.41, 5.74) is 2.62. The van der Waals surface area contributed by atoms with Crippen LogP contribution in [0.25, 0.3) is 0 Å². The summed E-state index contributed by atoms with van der Waals surface area (Å²) < 4.78 is 0.844. The number of anilines is 3. The Morgan fingerprint density at radius 1 is 1.12 bits per heavy atom. The third-order valence-electron chi connectivity index (χ3n) is 3.19. The number of rotatable bonds is 6. The number of amides is 1. The highest BCUT2D eigenvalue weighted by molar-refractivity contribution is 8.00. The molecule has 0 saturated heterocycles. The predicted octanol–water partition coefficient (Wildman–Crippen LogP) is 5.84. The van der Waals surface area contributed by atoms with Crippen LogP contribution in [0.2, 0.25) is 10.0 Å². The van der Waals surface area contributed by atoms with Crippen molar-refractivity contribution < 1.29 is 4.79 Å². The van der Waals surface area contributed by atoms with Gasteiger partial charge >= 0.3 is 0 Å². The minimum atomic E-state index is -0.112. The summed E-state index contributed by atoms with van der Waals surface area (Å²) >= 11 is 15.0. The van der Waals surface area contributed by atoms with Gasteiger partial charge in [-0.2, -0.15) is 0 Å². The lowest BCUT2D eigenvalue weighted by molar-refractivity contribution is -0.114. The maximum atomic E-state index is 11.1. The molecule has 0 unspecified atom stereocenters. The van der Waals surface area contributed by atoms with E-state index < -0.39 is 0 Å². The molecule has 0 atom stereocenters. The van der Waals surface area contributed by atoms with Gasteiger partial charge in [0.1, 0.15) is 0 Å². The van der Waals surface area contributed by atoms with Crippen LogP contribution < -0.4 is 10.6 Å². The van der Waals surface area contributed by atoms with Crippen molar-refractivity contribution in [2.45, 2.75) is 17.0 Å². The molecule has 9 heteroatoms. The van der Waals surface area contributed by atoms with Gasteiger partial charge in [-0.1, -0.05) is 58.4 Å². The van der Waals surface area contributed by atoms with Gasteiger partial charge in [0, 0.05) is 24.1 Å². The first-order valence-electron chi connectivity index (χ1n) is 7.54. The highest BCUT2D eigenvalue weighted by Gasteiger charge is 2.07. The highest BCUT2D eigenvalue weighted by atomic mass is 35.5. The fourth-order valence-electron chi connectivity index (χ4n) is 2.09. The fourth-order valence-corrected chi connectivity index (χ4v) is 4.13. The number of benzene rings is 2. The van der Waals surface area contributed by atoms with Gasteiger partial charge < -0.3 is 10.6 Å². The van der Waals surface area contributed by atoms with E-state index in [2.05, 4.69) is 20.8 Å². The van der Waals surface area contributed by atoms with Crippen LogP contribution in [0.3, 0.4) is 0 Å². The Morgan fingerprint density at radius 3 is 2.69 bits per heavy atom. The predicted molar refractivity (Wildman–Crippen MR) is 110 cm³/mol. The zero-order valence-corrected chi connectivity index (χ0v) is 16.8. The van der Waals surface area contributed by atoms with Crippen molar-refractivity contribution in [2.24, 2.45) is 0 Å². The molecule has 0 saturated carbocycles. The Morgan fingerprint density at radius 2 is 1.92 bits per heavy atom. The first-order chi connectivity index (χ1) is 12.5. The van der Waals surface area contributed by atoms with Crippen molar-refractivity contribution >= 4 is 68.7 Å². The van der Waals surface area contributed by atoms with Crippen LogP contribution in [0.5, 0.6) is 0 Å². The largest absolute Gasteiger partial charge is 0.330 e. The smallest absolute Gasteiger partial charge is 0.221 e. The van der Waals surface area contributed by atoms with E-state index in [-0.39, 0.29) is 5.91 Å². The quantitative estimate of drug-likeness (QED) is 0.486. The van der Waals surface area contributed by atoms with Crippen LogP contribution >= 0.6 is 46.3 Å². The van der Waals surface area contributed by atoms with Crippen molar-refractivity contribution in [3.8, 4) is 0 Å². The maximum Gasteiger partial charge on any atom is 0.221 e. The van der Waals surface area contributed by atoms with Crippen LogP contribution in [-0.2, 0) is 10.5 Å². The average Bonchev–Trinajstić information content (AvgIpc) is 3.03. The molecule has 0 aliphatic rings. The molecule has 5 nitrogen and oxygen atoms in total. The van der Waals surface area contributed by atoms with Gasteiger partial charge in [0.2, 0.25) is 11.0 Å². The molecule has 0 spiro atoms. The molecule has 134 valence electrons. The lowest BCUT2D eigenvalue weighted by Gasteiger charge is -2.05. The SMILES string of the molecule is CC(=O)Nc1cccc(Nc2nnc(SCc3ccc(Cl)c(Cl)c3)s2)c1. The summed E-state index contributed by atoms with van der Waals surface area (Å²) in [6.07, 6.45) is 0. The van der Waals surface area contributed by atoms with Crippen molar-refractivity contribution in [1.82, 2.24) is 10.2 Å². The number of hydrogen-bond donors (Lipinski definition) is 2. The van der Waals surface area contributed by atoms with Crippen molar-refractivity contribution in [3.63, 3.8) is 0 Å². The monoisotopic (exact) mass is 424 g/mol. The molecule has 26 heavy (non-hydrogen) atoms. The van der Waals surface area contributed by atoms with E-state index in [0.29, 0.717) is 15.2 Å². The molecule has 3 aromatic rings. The Balaban J connectivity index is 1.61. The molecule has 0 radical (unpaired) electrons. The minimum Gasteiger partial charge on any atom is -0.330 e. The molecule has 0 fully saturated rings. The zero-order valence-electron chi connectivity index (χ0n) is 13.6. The topological polar surface area (TPSA) is 66.9 Å². The van der Waals surface area contributed by atoms with Gasteiger partial charge in [0.25, 0.3) is 0 Å². The molecular formula is C17H14Cl2N4OS2. The Labute approximate surface area is 169 Å². The van der Waals surface area contributed by atoms with Gasteiger partial charge in [-0.3, -0.25) is 4.79 Å². The van der Waals surface area contributed by atoms with E-state index in [0.717, 1.165) is 27.0 Å². The average molecular weight is 425 g/mol. The van der Waals surface area contributed by atoms with Crippen LogP contribution in [0.15, 0.2) is 46.8 Å². The van der Waals surface area contributed by atoms with Crippen molar-refractivity contribution in [1.29, 1.82) is 0 Å². The molecule has 3 rings (SSSR count). The number of carbonyl (C=O) groups excluding carboxylic acids is 1. The van der Waals surface area contributed by atoms with E-state index in [9.17, 15) is 4.79 Å². The number of nitrogens with zero attached hydrogens (tertiary/aromatic N) is 2. The number of nitrogens with one attached hydrogen (secondary N) is 2. The van der Waals surface area contributed by atoms with Crippen LogP contribution in [0.4, 0.5) is 16.5 Å². The number of halogens is 2. The van der Waals surface area contributed by atoms with Gasteiger partial charge in [0.15, 0.2) is 4.34 Å². The Hall–Kier alpha value is -1.80. The molecular weight excluding hydrogens is 411 g/mol. The third kappa shape index (κ3) is 5.35. The van der Waals surface area contributed by atoms with Gasteiger partial charge in [-0.15, -0.1) is 10.2 Å². The highest BCUT2D eigenvalue weighted by Crippen LogP contribution is 2.31. The van der Waals surface area contributed by atoms with E-state index >= 15 is 0 Å². The molecule has 1 heterocycles. The summed E-state index contributed by atoms with van der Waals surface area (Å²) in [7, 11) is 0. The normalized spacial score (nSPS) is 10.6. The molecule has 1 amide bonds. The summed E-state index contributed by atoms with van der Waals surface area (Å²) in [5, 5.41) is 16.0. The van der Waals surface area contributed by atoms with E-state index in [1.54, 1.807) is 17.8 Å². The van der Waals surface area contributed by atoms with E-state index in [1.807, 2.05) is 36.4 Å². The number of aromatic nitrogens is 2. The second-order valence-corrected chi connectivity index (χ2v) is 8.31. The number of hydrogen-bond acceptors (Lipinski definition) is 6. The first-order valence-corrected chi connectivity index (χ1v) is 10.1. The van der Waals surface area contributed by atoms with Crippen LogP contribution in [0, 0.1) is 0 Å². The second kappa shape index (κ2) is 8.73. The van der Waals surface area contributed by atoms with Crippen molar-refractivity contribution in [2.75, 3.05) is 10.6 Å². The van der Waals surface area contributed by atoms with E-state index in [4.69, 9.17) is 23.2 Å². The summed E-state index contributed by atoms with van der Waals surface area (Å²) in [4.78, 5) is 11.1. The number of thioether (sulfide) groups is 1. The minimum absolute atomic E-state index is 0.112. The van der Waals surface area contributed by atoms with Crippen LogP contribution in [-0.4, -0.2) is 16.1 Å². The third-order valence-corrected chi connectivity index (χ3v) is 5.97. The number of carbonyl (C=O) groups is 1. The van der Waals surface area contributed by atoms with E-state index in [1.165, 1.54) is 18.3 Å². The second-order valence-electron chi connectivity index (χ2n) is 5.30. The molecule has 2 N–H and O–H groups in total. The molecule has 0 aliphatic carbocycles. The van der Waals surface area contributed by atoms with Crippen LogP contribution in [0.1, 0.15) is 12.5 Å². The first kappa shape index (κ1) is 19.0. The standard InChI is InChI=1S/C17H14Cl2N4OS2/c1-10(24)20-12-3-2-4-13(8-12)21-16-22-23-17(26-16)25-9-11-5-6-14(18)15(19)7-11/h2-8H,9H2,1H3,(H,20,24)(H,21,22). The Bertz CT molecular complexity index is 933. The summed E-state index contributed by atoms with van der Waals surface area (Å²) in [5.74, 6) is 0.614. The fraction of sp³-hybridized carbons (Fsp3) is 0.118. The zero-order chi connectivity index (χ0) is 18.5. The van der Waals surface area contributed by atoms with Gasteiger partial charge in [0.05, 0.1) is 10.0 Å². The summed E-state index contributed by atoms with van der Waals surface area (Å²) in [6.45, 7) is 1.47. The molecule has 2 aromatic carbocycles. The summed E-state index contributed by atoms with van der Waals surface area (Å²) in [6, 6.07) is 13.0. The van der Waals surface area contributed by atoms with Crippen molar-refractivity contribution in [3.05, 3.63) is 58.1 Å². The maximum absolute atomic E-state index is 11.1. The Kier molecular flexibility index (Phi) is 6.37. The molecule has 0 aliphatic heterocycles. The lowest BCUT2D eigenvalue weighted by Crippen LogP contribution is -2.05. The van der Waals surface area contributed by atoms with Gasteiger partial charge in [-0.25, -0.2) is 0 Å². The lowest BCUT2D eigenvalue weighted by atomic mass is 10.2. The molecule has 0 bridgehead atoms. The molecule has 1 aromatic heterocycles.